The van der Waals surface area contributed by atoms with Crippen molar-refractivity contribution < 1.29 is 9.72 Å². The average molecular weight is 347 g/mol. The lowest BCUT2D eigenvalue weighted by molar-refractivity contribution is -0.384. The molecule has 0 aliphatic rings. The Hall–Kier alpha value is -3.54. The van der Waals surface area contributed by atoms with Gasteiger partial charge in [0.1, 0.15) is 5.69 Å². The van der Waals surface area contributed by atoms with Gasteiger partial charge in [0.2, 0.25) is 0 Å². The smallest absolute Gasteiger partial charge is 0.293 e. The van der Waals surface area contributed by atoms with Gasteiger partial charge in [-0.3, -0.25) is 19.9 Å². The molecule has 0 amide bonds. The van der Waals surface area contributed by atoms with Crippen molar-refractivity contribution in [2.75, 3.05) is 5.32 Å². The van der Waals surface area contributed by atoms with Crippen LogP contribution in [0.15, 0.2) is 67.0 Å². The molecule has 0 aliphatic carbocycles. The second-order valence-corrected chi connectivity index (χ2v) is 5.84. The molecule has 3 aromatic rings. The van der Waals surface area contributed by atoms with Gasteiger partial charge in [-0.05, 0) is 41.8 Å². The van der Waals surface area contributed by atoms with Gasteiger partial charge in [0.25, 0.3) is 5.69 Å². The highest BCUT2D eigenvalue weighted by atomic mass is 16.6. The number of carbonyl (C=O) groups excluding carboxylic acids is 1. The van der Waals surface area contributed by atoms with Gasteiger partial charge in [0.15, 0.2) is 5.78 Å². The molecule has 130 valence electrons. The Bertz CT molecular complexity index is 938. The number of hydrogen-bond donors (Lipinski definition) is 1. The molecule has 6 nitrogen and oxygen atoms in total. The van der Waals surface area contributed by atoms with E-state index in [1.165, 1.54) is 13.0 Å². The third kappa shape index (κ3) is 3.92. The Morgan fingerprint density at radius 2 is 1.88 bits per heavy atom. The molecule has 0 unspecified atom stereocenters. The van der Waals surface area contributed by atoms with Crippen LogP contribution in [-0.4, -0.2) is 15.7 Å². The first-order chi connectivity index (χ1) is 12.5. The molecule has 0 spiro atoms. The fourth-order valence-corrected chi connectivity index (χ4v) is 2.60. The number of anilines is 1. The molecule has 1 N–H and O–H groups in total. The highest BCUT2D eigenvalue weighted by Crippen LogP contribution is 2.26. The summed E-state index contributed by atoms with van der Waals surface area (Å²) in [7, 11) is 0. The topological polar surface area (TPSA) is 85.1 Å². The van der Waals surface area contributed by atoms with Crippen molar-refractivity contribution in [2.45, 2.75) is 13.5 Å². The van der Waals surface area contributed by atoms with E-state index in [1.54, 1.807) is 24.5 Å². The van der Waals surface area contributed by atoms with Crippen molar-refractivity contribution in [3.8, 4) is 11.1 Å². The number of ketones is 1. The Kier molecular flexibility index (Phi) is 5.03. The van der Waals surface area contributed by atoms with E-state index in [0.29, 0.717) is 17.8 Å². The molecule has 0 bridgehead atoms. The number of carbonyl (C=O) groups is 1. The van der Waals surface area contributed by atoms with Crippen LogP contribution in [0.25, 0.3) is 11.1 Å². The van der Waals surface area contributed by atoms with Crippen molar-refractivity contribution in [1.29, 1.82) is 0 Å². The largest absolute Gasteiger partial charge is 0.375 e. The minimum absolute atomic E-state index is 0.107. The monoisotopic (exact) mass is 347 g/mol. The molecule has 0 atom stereocenters. The summed E-state index contributed by atoms with van der Waals surface area (Å²) in [5, 5.41) is 14.3. The second-order valence-electron chi connectivity index (χ2n) is 5.84. The van der Waals surface area contributed by atoms with Crippen LogP contribution >= 0.6 is 0 Å². The van der Waals surface area contributed by atoms with Crippen LogP contribution in [0.1, 0.15) is 22.8 Å². The molecular weight excluding hydrogens is 330 g/mol. The van der Waals surface area contributed by atoms with Crippen molar-refractivity contribution in [2.24, 2.45) is 0 Å². The molecule has 0 saturated heterocycles. The normalized spacial score (nSPS) is 10.3. The van der Waals surface area contributed by atoms with E-state index in [2.05, 4.69) is 10.3 Å². The highest BCUT2D eigenvalue weighted by Gasteiger charge is 2.16. The summed E-state index contributed by atoms with van der Waals surface area (Å²) in [6, 6.07) is 16.2. The Morgan fingerprint density at radius 3 is 2.50 bits per heavy atom. The molecule has 1 aromatic heterocycles. The lowest BCUT2D eigenvalue weighted by Gasteiger charge is -2.09. The van der Waals surface area contributed by atoms with E-state index >= 15 is 0 Å². The first kappa shape index (κ1) is 17.3. The van der Waals surface area contributed by atoms with Crippen molar-refractivity contribution in [3.63, 3.8) is 0 Å². The van der Waals surface area contributed by atoms with E-state index in [9.17, 15) is 14.9 Å². The van der Waals surface area contributed by atoms with Gasteiger partial charge in [0, 0.05) is 30.6 Å². The molecular formula is C20H17N3O3. The van der Waals surface area contributed by atoms with Crippen LogP contribution < -0.4 is 5.32 Å². The van der Waals surface area contributed by atoms with Crippen molar-refractivity contribution in [3.05, 3.63) is 88.2 Å². The quantitative estimate of drug-likeness (QED) is 0.404. The van der Waals surface area contributed by atoms with Crippen molar-refractivity contribution >= 4 is 17.2 Å². The average Bonchev–Trinajstić information content (AvgIpc) is 2.67. The van der Waals surface area contributed by atoms with Gasteiger partial charge in [-0.1, -0.05) is 30.3 Å². The number of Topliss-reactive ketones (excluding diaryl/α,β-unsaturated/α-hetero) is 1. The van der Waals surface area contributed by atoms with Gasteiger partial charge in [-0.15, -0.1) is 0 Å². The Morgan fingerprint density at radius 1 is 1.12 bits per heavy atom. The van der Waals surface area contributed by atoms with E-state index in [1.807, 2.05) is 36.4 Å². The first-order valence-corrected chi connectivity index (χ1v) is 8.07. The summed E-state index contributed by atoms with van der Waals surface area (Å²) in [5.74, 6) is -0.203. The van der Waals surface area contributed by atoms with E-state index in [-0.39, 0.29) is 11.5 Å². The maximum Gasteiger partial charge on any atom is 0.293 e. The lowest BCUT2D eigenvalue weighted by Crippen LogP contribution is -2.04. The number of aromatic nitrogens is 1. The first-order valence-electron chi connectivity index (χ1n) is 8.07. The number of hydrogen-bond acceptors (Lipinski definition) is 5. The third-order valence-corrected chi connectivity index (χ3v) is 4.03. The Balaban J connectivity index is 1.75. The number of nitrogens with zero attached hydrogens (tertiary/aromatic N) is 2. The van der Waals surface area contributed by atoms with E-state index in [4.69, 9.17) is 0 Å². The fourth-order valence-electron chi connectivity index (χ4n) is 2.60. The molecule has 1 heterocycles. The molecule has 6 heteroatoms. The maximum absolute atomic E-state index is 11.4. The zero-order valence-corrected chi connectivity index (χ0v) is 14.2. The van der Waals surface area contributed by atoms with Crippen LogP contribution in [0.4, 0.5) is 11.4 Å². The van der Waals surface area contributed by atoms with Crippen LogP contribution in [-0.2, 0) is 6.54 Å². The number of pyridine rings is 1. The number of benzene rings is 2. The molecule has 0 radical (unpaired) electrons. The highest BCUT2D eigenvalue weighted by molar-refractivity contribution is 5.95. The van der Waals surface area contributed by atoms with Crippen molar-refractivity contribution in [1.82, 2.24) is 4.98 Å². The zero-order valence-electron chi connectivity index (χ0n) is 14.2. The molecule has 26 heavy (non-hydrogen) atoms. The summed E-state index contributed by atoms with van der Waals surface area (Å²) >= 11 is 0. The van der Waals surface area contributed by atoms with Gasteiger partial charge < -0.3 is 5.32 Å². The van der Waals surface area contributed by atoms with Gasteiger partial charge >= 0.3 is 0 Å². The summed E-state index contributed by atoms with van der Waals surface area (Å²) in [5.41, 5.74) is 3.67. The molecule has 0 saturated carbocycles. The minimum atomic E-state index is -0.486. The molecule has 0 fully saturated rings. The third-order valence-electron chi connectivity index (χ3n) is 4.03. The predicted octanol–water partition coefficient (Wildman–Crippen LogP) is 4.47. The SMILES string of the molecule is CC(=O)c1ccc(NCc2ccc(-c3cccnc3)cc2)c([N+](=O)[O-])c1. The summed E-state index contributed by atoms with van der Waals surface area (Å²) in [6.07, 6.45) is 3.53. The van der Waals surface area contributed by atoms with E-state index < -0.39 is 4.92 Å². The maximum atomic E-state index is 11.4. The summed E-state index contributed by atoms with van der Waals surface area (Å²) < 4.78 is 0. The zero-order chi connectivity index (χ0) is 18.5. The predicted molar refractivity (Wildman–Crippen MR) is 100 cm³/mol. The van der Waals surface area contributed by atoms with E-state index in [0.717, 1.165) is 16.7 Å². The van der Waals surface area contributed by atoms with Gasteiger partial charge in [0.05, 0.1) is 4.92 Å². The molecule has 2 aromatic carbocycles. The Labute approximate surface area is 150 Å². The van der Waals surface area contributed by atoms with Gasteiger partial charge in [-0.25, -0.2) is 0 Å². The van der Waals surface area contributed by atoms with Crippen LogP contribution in [0.5, 0.6) is 0 Å². The number of nitrogens with one attached hydrogen (secondary N) is 1. The standard InChI is InChI=1S/C20H17N3O3/c1-14(24)17-8-9-19(20(11-17)23(25)26)22-12-15-4-6-16(7-5-15)18-3-2-10-21-13-18/h2-11,13,22H,12H2,1H3. The molecule has 0 aliphatic heterocycles. The second kappa shape index (κ2) is 7.57. The van der Waals surface area contributed by atoms with Crippen LogP contribution in [0.3, 0.4) is 0 Å². The minimum Gasteiger partial charge on any atom is -0.375 e. The molecule has 3 rings (SSSR count). The number of nitro benzene ring substituents is 1. The van der Waals surface area contributed by atoms with Gasteiger partial charge in [-0.2, -0.15) is 0 Å². The lowest BCUT2D eigenvalue weighted by atomic mass is 10.1. The summed E-state index contributed by atoms with van der Waals surface area (Å²) in [4.78, 5) is 26.3. The number of rotatable bonds is 6. The fraction of sp³-hybridized carbons (Fsp3) is 0.100. The summed E-state index contributed by atoms with van der Waals surface area (Å²) in [6.45, 7) is 1.82. The van der Waals surface area contributed by atoms with Crippen LogP contribution in [0, 0.1) is 10.1 Å². The van der Waals surface area contributed by atoms with Crippen LogP contribution in [0.2, 0.25) is 0 Å². The number of nitro groups is 1.